The Hall–Kier alpha value is -2.45. The van der Waals surface area contributed by atoms with Crippen LogP contribution < -0.4 is 9.62 Å². The molecule has 0 atom stereocenters. The summed E-state index contributed by atoms with van der Waals surface area (Å²) in [6.07, 6.45) is 0. The molecule has 0 unspecified atom stereocenters. The van der Waals surface area contributed by atoms with Crippen LogP contribution in [0.15, 0.2) is 58.8 Å². The van der Waals surface area contributed by atoms with Crippen molar-refractivity contribution in [1.82, 2.24) is 10.2 Å². The average molecular weight is 389 g/mol. The van der Waals surface area contributed by atoms with Crippen LogP contribution in [0.4, 0.5) is 11.6 Å². The molecule has 6 nitrogen and oxygen atoms in total. The van der Waals surface area contributed by atoms with E-state index in [1.165, 1.54) is 16.9 Å². The zero-order chi connectivity index (χ0) is 18.6. The molecule has 0 aliphatic heterocycles. The fraction of sp³-hybridized carbons (Fsp3) is 0.222. The lowest BCUT2D eigenvalue weighted by Gasteiger charge is -2.21. The average Bonchev–Trinajstić information content (AvgIpc) is 3.08. The number of aryl methyl sites for hydroxylation is 1. The lowest BCUT2D eigenvalue weighted by Crippen LogP contribution is -2.23. The summed E-state index contributed by atoms with van der Waals surface area (Å²) < 4.78 is 27.4. The number of hydrogen-bond donors (Lipinski definition) is 1. The van der Waals surface area contributed by atoms with Crippen LogP contribution in [0, 0.1) is 6.92 Å². The van der Waals surface area contributed by atoms with E-state index in [4.69, 9.17) is 0 Å². The van der Waals surface area contributed by atoms with Crippen LogP contribution in [0.3, 0.4) is 0 Å². The molecule has 26 heavy (non-hydrogen) atoms. The maximum absolute atomic E-state index is 12.4. The van der Waals surface area contributed by atoms with Crippen LogP contribution in [0.25, 0.3) is 0 Å². The molecule has 3 rings (SSSR count). The number of nitrogens with zero attached hydrogens (tertiary/aromatic N) is 3. The molecule has 2 aromatic heterocycles. The molecule has 0 spiro atoms. The van der Waals surface area contributed by atoms with Crippen LogP contribution in [-0.4, -0.2) is 25.2 Å². The van der Waals surface area contributed by atoms with Gasteiger partial charge in [0.25, 0.3) is 10.0 Å². The fourth-order valence-electron chi connectivity index (χ4n) is 2.45. The topological polar surface area (TPSA) is 75.2 Å². The number of rotatable bonds is 7. The summed E-state index contributed by atoms with van der Waals surface area (Å²) >= 11 is 1.22. The third-order valence-corrected chi connectivity index (χ3v) is 6.64. The molecule has 3 aromatic rings. The van der Waals surface area contributed by atoms with Gasteiger partial charge in [0.1, 0.15) is 4.21 Å². The van der Waals surface area contributed by atoms with E-state index >= 15 is 0 Å². The number of nitrogens with one attached hydrogen (secondary N) is 1. The smallest absolute Gasteiger partial charge is 0.272 e. The van der Waals surface area contributed by atoms with Crippen molar-refractivity contribution in [2.75, 3.05) is 16.2 Å². The third-order valence-electron chi connectivity index (χ3n) is 3.79. The van der Waals surface area contributed by atoms with E-state index in [9.17, 15) is 8.42 Å². The van der Waals surface area contributed by atoms with Gasteiger partial charge in [0, 0.05) is 18.0 Å². The molecule has 2 heterocycles. The molecule has 0 bridgehead atoms. The van der Waals surface area contributed by atoms with Gasteiger partial charge in [-0.3, -0.25) is 4.72 Å². The number of anilines is 2. The van der Waals surface area contributed by atoms with E-state index in [-0.39, 0.29) is 10.0 Å². The van der Waals surface area contributed by atoms with Gasteiger partial charge in [0.05, 0.1) is 0 Å². The molecule has 0 fully saturated rings. The molecule has 0 aliphatic carbocycles. The van der Waals surface area contributed by atoms with Crippen molar-refractivity contribution in [2.24, 2.45) is 0 Å². The van der Waals surface area contributed by atoms with E-state index in [0.29, 0.717) is 12.4 Å². The minimum atomic E-state index is -3.63. The van der Waals surface area contributed by atoms with E-state index in [0.717, 1.165) is 11.4 Å². The van der Waals surface area contributed by atoms with Gasteiger partial charge in [-0.2, -0.15) is 0 Å². The lowest BCUT2D eigenvalue weighted by molar-refractivity contribution is 0.603. The van der Waals surface area contributed by atoms with Gasteiger partial charge in [-0.05, 0) is 43.7 Å². The Morgan fingerprint density at radius 1 is 1.04 bits per heavy atom. The van der Waals surface area contributed by atoms with E-state index < -0.39 is 10.0 Å². The van der Waals surface area contributed by atoms with Crippen LogP contribution in [0.5, 0.6) is 0 Å². The third kappa shape index (κ3) is 4.39. The zero-order valence-corrected chi connectivity index (χ0v) is 16.2. The van der Waals surface area contributed by atoms with Gasteiger partial charge < -0.3 is 4.90 Å². The number of hydrogen-bond acceptors (Lipinski definition) is 6. The molecule has 136 valence electrons. The Kier molecular flexibility index (Phi) is 5.53. The monoisotopic (exact) mass is 388 g/mol. The Morgan fingerprint density at radius 3 is 2.38 bits per heavy atom. The lowest BCUT2D eigenvalue weighted by atomic mass is 10.2. The standard InChI is InChI=1S/C18H20N4O2S2/c1-3-22(13-15-7-5-4-6-8-15)17-11-10-16(19-20-17)21-26(23,24)18-12-9-14(2)25-18/h4-12H,3,13H2,1-2H3,(H,19,21). The first-order chi connectivity index (χ1) is 12.5. The molecule has 1 aromatic carbocycles. The van der Waals surface area contributed by atoms with E-state index in [2.05, 4.69) is 32.0 Å². The second kappa shape index (κ2) is 7.84. The highest BCUT2D eigenvalue weighted by Crippen LogP contribution is 2.23. The van der Waals surface area contributed by atoms with Gasteiger partial charge >= 0.3 is 0 Å². The van der Waals surface area contributed by atoms with Crippen molar-refractivity contribution >= 4 is 33.0 Å². The minimum Gasteiger partial charge on any atom is -0.351 e. The Bertz CT molecular complexity index is 954. The Labute approximate surface area is 157 Å². The van der Waals surface area contributed by atoms with Gasteiger partial charge in [-0.25, -0.2) is 8.42 Å². The molecule has 0 saturated heterocycles. The highest BCUT2D eigenvalue weighted by molar-refractivity contribution is 7.94. The summed E-state index contributed by atoms with van der Waals surface area (Å²) in [5.74, 6) is 0.904. The van der Waals surface area contributed by atoms with Crippen LogP contribution >= 0.6 is 11.3 Å². The number of aromatic nitrogens is 2. The molecule has 0 amide bonds. The van der Waals surface area contributed by atoms with E-state index in [1.54, 1.807) is 24.3 Å². The number of benzene rings is 1. The first kappa shape index (κ1) is 18.3. The summed E-state index contributed by atoms with van der Waals surface area (Å²) in [6, 6.07) is 16.9. The quantitative estimate of drug-likeness (QED) is 0.668. The Morgan fingerprint density at radius 2 is 1.81 bits per heavy atom. The van der Waals surface area contributed by atoms with Gasteiger partial charge in [-0.15, -0.1) is 21.5 Å². The summed E-state index contributed by atoms with van der Waals surface area (Å²) in [6.45, 7) is 5.39. The van der Waals surface area contributed by atoms with Crippen molar-refractivity contribution in [3.05, 3.63) is 65.0 Å². The first-order valence-corrected chi connectivity index (χ1v) is 10.5. The van der Waals surface area contributed by atoms with Crippen molar-refractivity contribution in [1.29, 1.82) is 0 Å². The molecule has 0 aliphatic rings. The highest BCUT2D eigenvalue weighted by Gasteiger charge is 2.17. The van der Waals surface area contributed by atoms with Crippen LogP contribution in [0.1, 0.15) is 17.4 Å². The van der Waals surface area contributed by atoms with Gasteiger partial charge in [0.2, 0.25) is 0 Å². The van der Waals surface area contributed by atoms with Crippen molar-refractivity contribution in [2.45, 2.75) is 24.6 Å². The highest BCUT2D eigenvalue weighted by atomic mass is 32.2. The number of sulfonamides is 1. The second-order valence-corrected chi connectivity index (χ2v) is 8.94. The molecular formula is C18H20N4O2S2. The second-order valence-electron chi connectivity index (χ2n) is 5.75. The van der Waals surface area contributed by atoms with Gasteiger partial charge in [-0.1, -0.05) is 30.3 Å². The summed E-state index contributed by atoms with van der Waals surface area (Å²) in [4.78, 5) is 3.01. The molecule has 0 radical (unpaired) electrons. The normalized spacial score (nSPS) is 11.3. The predicted molar refractivity (Wildman–Crippen MR) is 105 cm³/mol. The van der Waals surface area contributed by atoms with Crippen LogP contribution in [0.2, 0.25) is 0 Å². The Balaban J connectivity index is 1.73. The predicted octanol–water partition coefficient (Wildman–Crippen LogP) is 3.67. The number of thiophene rings is 1. The van der Waals surface area contributed by atoms with Crippen molar-refractivity contribution < 1.29 is 8.42 Å². The summed E-state index contributed by atoms with van der Waals surface area (Å²) in [5, 5.41) is 8.21. The summed E-state index contributed by atoms with van der Waals surface area (Å²) in [7, 11) is -3.63. The van der Waals surface area contributed by atoms with Crippen molar-refractivity contribution in [3.63, 3.8) is 0 Å². The molecule has 0 saturated carbocycles. The van der Waals surface area contributed by atoms with Gasteiger partial charge in [0.15, 0.2) is 11.6 Å². The largest absolute Gasteiger partial charge is 0.351 e. The molecular weight excluding hydrogens is 368 g/mol. The fourth-order valence-corrected chi connectivity index (χ4v) is 4.73. The first-order valence-electron chi connectivity index (χ1n) is 8.20. The maximum atomic E-state index is 12.4. The SMILES string of the molecule is CCN(Cc1ccccc1)c1ccc(NS(=O)(=O)c2ccc(C)s2)nn1. The molecule has 1 N–H and O–H groups in total. The van der Waals surface area contributed by atoms with Crippen LogP contribution in [-0.2, 0) is 16.6 Å². The summed E-state index contributed by atoms with van der Waals surface area (Å²) in [5.41, 5.74) is 1.17. The molecule has 8 heteroatoms. The maximum Gasteiger partial charge on any atom is 0.272 e. The minimum absolute atomic E-state index is 0.204. The van der Waals surface area contributed by atoms with E-state index in [1.807, 2.05) is 32.0 Å². The zero-order valence-electron chi connectivity index (χ0n) is 14.6. The van der Waals surface area contributed by atoms with Crippen molar-refractivity contribution in [3.8, 4) is 0 Å².